The number of amides is 1. The number of halogens is 1. The number of benzene rings is 3. The van der Waals surface area contributed by atoms with Crippen molar-refractivity contribution in [1.82, 2.24) is 5.43 Å². The van der Waals surface area contributed by atoms with E-state index in [9.17, 15) is 13.2 Å². The third-order valence-electron chi connectivity index (χ3n) is 5.40. The quantitative estimate of drug-likeness (QED) is 0.298. The first-order valence-corrected chi connectivity index (χ1v) is 13.3. The monoisotopic (exact) mass is 529 g/mol. The maximum Gasteiger partial charge on any atom is 0.271 e. The van der Waals surface area contributed by atoms with E-state index in [1.54, 1.807) is 74.9 Å². The molecule has 8 nitrogen and oxygen atoms in total. The standard InChI is InChI=1S/C26H28ClN3O5S/c1-5-23(20-10-15-24(34-2)25(16-20)35-3)28-29-26(31)19-8-13-22(14-9-19)30(36(4,32)33)17-18-6-11-21(27)12-7-18/h6-16H,5,17H2,1-4H3,(H,29,31)/b28-23-. The molecule has 0 bridgehead atoms. The minimum Gasteiger partial charge on any atom is -0.493 e. The molecule has 0 aliphatic carbocycles. The number of rotatable bonds is 10. The van der Waals surface area contributed by atoms with Gasteiger partial charge < -0.3 is 9.47 Å². The van der Waals surface area contributed by atoms with E-state index < -0.39 is 15.9 Å². The smallest absolute Gasteiger partial charge is 0.271 e. The molecule has 1 N–H and O–H groups in total. The molecule has 3 rings (SSSR count). The van der Waals surface area contributed by atoms with Gasteiger partial charge in [0.2, 0.25) is 10.0 Å². The maximum atomic E-state index is 12.7. The number of anilines is 1. The van der Waals surface area contributed by atoms with Crippen LogP contribution in [0.4, 0.5) is 5.69 Å². The predicted octanol–water partition coefficient (Wildman–Crippen LogP) is 4.87. The van der Waals surface area contributed by atoms with Crippen molar-refractivity contribution in [2.75, 3.05) is 24.8 Å². The Balaban J connectivity index is 1.77. The van der Waals surface area contributed by atoms with Crippen molar-refractivity contribution < 1.29 is 22.7 Å². The number of nitrogens with zero attached hydrogens (tertiary/aromatic N) is 2. The van der Waals surface area contributed by atoms with Gasteiger partial charge in [0.1, 0.15) is 0 Å². The van der Waals surface area contributed by atoms with E-state index in [-0.39, 0.29) is 6.54 Å². The first-order chi connectivity index (χ1) is 17.2. The Kier molecular flexibility index (Phi) is 8.95. The molecule has 190 valence electrons. The summed E-state index contributed by atoms with van der Waals surface area (Å²) in [5.74, 6) is 0.740. The highest BCUT2D eigenvalue weighted by Gasteiger charge is 2.18. The predicted molar refractivity (Wildman–Crippen MR) is 143 cm³/mol. The zero-order valence-electron chi connectivity index (χ0n) is 20.5. The third kappa shape index (κ3) is 6.77. The molecule has 10 heteroatoms. The second-order valence-electron chi connectivity index (χ2n) is 7.87. The molecule has 0 aromatic heterocycles. The molecule has 0 spiro atoms. The minimum absolute atomic E-state index is 0.136. The van der Waals surface area contributed by atoms with Gasteiger partial charge in [0.15, 0.2) is 11.5 Å². The van der Waals surface area contributed by atoms with Gasteiger partial charge in [0.05, 0.1) is 38.4 Å². The number of nitrogens with one attached hydrogen (secondary N) is 1. The molecule has 36 heavy (non-hydrogen) atoms. The second kappa shape index (κ2) is 11.9. The summed E-state index contributed by atoms with van der Waals surface area (Å²) in [4.78, 5) is 12.7. The van der Waals surface area contributed by atoms with E-state index in [2.05, 4.69) is 10.5 Å². The van der Waals surface area contributed by atoms with Crippen LogP contribution in [0.1, 0.15) is 34.8 Å². The van der Waals surface area contributed by atoms with Crippen LogP contribution in [-0.4, -0.2) is 40.5 Å². The highest BCUT2D eigenvalue weighted by molar-refractivity contribution is 7.92. The third-order valence-corrected chi connectivity index (χ3v) is 6.79. The number of carbonyl (C=O) groups excluding carboxylic acids is 1. The molecule has 0 aliphatic heterocycles. The Morgan fingerprint density at radius 1 is 0.944 bits per heavy atom. The van der Waals surface area contributed by atoms with Gasteiger partial charge in [-0.2, -0.15) is 5.10 Å². The highest BCUT2D eigenvalue weighted by Crippen LogP contribution is 2.28. The summed E-state index contributed by atoms with van der Waals surface area (Å²) in [5.41, 5.74) is 5.58. The zero-order valence-corrected chi connectivity index (χ0v) is 22.1. The molecule has 3 aromatic rings. The van der Waals surface area contributed by atoms with Gasteiger partial charge >= 0.3 is 0 Å². The molecule has 0 fully saturated rings. The first-order valence-electron chi connectivity index (χ1n) is 11.1. The van der Waals surface area contributed by atoms with E-state index in [4.69, 9.17) is 21.1 Å². The lowest BCUT2D eigenvalue weighted by Gasteiger charge is -2.22. The average Bonchev–Trinajstić information content (AvgIpc) is 2.87. The lowest BCUT2D eigenvalue weighted by atomic mass is 10.1. The highest BCUT2D eigenvalue weighted by atomic mass is 35.5. The van der Waals surface area contributed by atoms with Gasteiger partial charge in [-0.15, -0.1) is 0 Å². The normalized spacial score (nSPS) is 11.6. The molecule has 1 amide bonds. The molecule has 3 aromatic carbocycles. The molecule has 0 radical (unpaired) electrons. The van der Waals surface area contributed by atoms with Gasteiger partial charge in [-0.05, 0) is 66.6 Å². The Hall–Kier alpha value is -3.56. The minimum atomic E-state index is -3.57. The number of hydrazone groups is 1. The Morgan fingerprint density at radius 2 is 1.56 bits per heavy atom. The summed E-state index contributed by atoms with van der Waals surface area (Å²) in [6, 6.07) is 18.6. The van der Waals surface area contributed by atoms with Crippen LogP contribution in [0, 0.1) is 0 Å². The lowest BCUT2D eigenvalue weighted by molar-refractivity contribution is 0.0955. The van der Waals surface area contributed by atoms with Crippen LogP contribution >= 0.6 is 11.6 Å². The summed E-state index contributed by atoms with van der Waals surface area (Å²) in [5, 5.41) is 4.85. The summed E-state index contributed by atoms with van der Waals surface area (Å²) in [6.45, 7) is 2.06. The summed E-state index contributed by atoms with van der Waals surface area (Å²) >= 11 is 5.93. The van der Waals surface area contributed by atoms with Crippen molar-refractivity contribution >= 4 is 38.9 Å². The Morgan fingerprint density at radius 3 is 2.11 bits per heavy atom. The molecule has 0 saturated carbocycles. The second-order valence-corrected chi connectivity index (χ2v) is 10.2. The Bertz CT molecular complexity index is 1340. The zero-order chi connectivity index (χ0) is 26.3. The summed E-state index contributed by atoms with van der Waals surface area (Å²) < 4.78 is 36.8. The molecule has 0 heterocycles. The molecule has 0 atom stereocenters. The van der Waals surface area contributed by atoms with Crippen LogP contribution in [0.3, 0.4) is 0 Å². The fourth-order valence-corrected chi connectivity index (χ4v) is 4.50. The maximum absolute atomic E-state index is 12.7. The number of hydrogen-bond donors (Lipinski definition) is 1. The molecule has 0 aliphatic rings. The van der Waals surface area contributed by atoms with E-state index >= 15 is 0 Å². The van der Waals surface area contributed by atoms with Crippen LogP contribution < -0.4 is 19.2 Å². The van der Waals surface area contributed by atoms with Gasteiger partial charge in [-0.3, -0.25) is 9.10 Å². The number of hydrogen-bond acceptors (Lipinski definition) is 6. The van der Waals surface area contributed by atoms with Crippen molar-refractivity contribution in [1.29, 1.82) is 0 Å². The summed E-state index contributed by atoms with van der Waals surface area (Å²) in [7, 11) is -0.455. The Labute approximate surface area is 216 Å². The number of ether oxygens (including phenoxy) is 2. The molecular formula is C26H28ClN3O5S. The topological polar surface area (TPSA) is 97.3 Å². The average molecular weight is 530 g/mol. The number of methoxy groups -OCH3 is 2. The number of sulfonamides is 1. The van der Waals surface area contributed by atoms with Gasteiger partial charge in [0.25, 0.3) is 5.91 Å². The van der Waals surface area contributed by atoms with Gasteiger partial charge in [-0.1, -0.05) is 30.7 Å². The first kappa shape index (κ1) is 27.0. The fourth-order valence-electron chi connectivity index (χ4n) is 3.48. The van der Waals surface area contributed by atoms with Crippen LogP contribution in [-0.2, 0) is 16.6 Å². The van der Waals surface area contributed by atoms with Crippen molar-refractivity contribution in [2.24, 2.45) is 5.10 Å². The van der Waals surface area contributed by atoms with E-state index in [1.165, 1.54) is 4.31 Å². The number of carbonyl (C=O) groups is 1. The molecule has 0 unspecified atom stereocenters. The van der Waals surface area contributed by atoms with Crippen LogP contribution in [0.25, 0.3) is 0 Å². The van der Waals surface area contributed by atoms with Gasteiger partial charge in [-0.25, -0.2) is 13.8 Å². The largest absolute Gasteiger partial charge is 0.493 e. The van der Waals surface area contributed by atoms with Crippen LogP contribution in [0.5, 0.6) is 11.5 Å². The molecular weight excluding hydrogens is 502 g/mol. The van der Waals surface area contributed by atoms with Crippen molar-refractivity contribution in [3.05, 3.63) is 88.4 Å². The van der Waals surface area contributed by atoms with Crippen molar-refractivity contribution in [3.63, 3.8) is 0 Å². The fraction of sp³-hybridized carbons (Fsp3) is 0.231. The van der Waals surface area contributed by atoms with Crippen LogP contribution in [0.15, 0.2) is 71.8 Å². The van der Waals surface area contributed by atoms with E-state index in [0.717, 1.165) is 17.4 Å². The van der Waals surface area contributed by atoms with E-state index in [1.807, 2.05) is 13.0 Å². The van der Waals surface area contributed by atoms with E-state index in [0.29, 0.717) is 39.9 Å². The lowest BCUT2D eigenvalue weighted by Crippen LogP contribution is -2.29. The van der Waals surface area contributed by atoms with Gasteiger partial charge in [0, 0.05) is 16.1 Å². The SMILES string of the molecule is CC/C(=N/NC(=O)c1ccc(N(Cc2ccc(Cl)cc2)S(C)(=O)=O)cc1)c1ccc(OC)c(OC)c1. The van der Waals surface area contributed by atoms with Crippen LogP contribution in [0.2, 0.25) is 5.02 Å². The van der Waals surface area contributed by atoms with Crippen molar-refractivity contribution in [2.45, 2.75) is 19.9 Å². The summed E-state index contributed by atoms with van der Waals surface area (Å²) in [6.07, 6.45) is 1.71. The molecule has 0 saturated heterocycles. The van der Waals surface area contributed by atoms with Crippen molar-refractivity contribution in [3.8, 4) is 11.5 Å².